The molecule has 0 aromatic heterocycles. The summed E-state index contributed by atoms with van der Waals surface area (Å²) >= 11 is 6.81. The van der Waals surface area contributed by atoms with Crippen LogP contribution < -0.4 is 0 Å². The van der Waals surface area contributed by atoms with Gasteiger partial charge >= 0.3 is 5.97 Å². The molecule has 0 radical (unpaired) electrons. The largest absolute Gasteiger partial charge is 0.463 e. The smallest absolute Gasteiger partial charge is 0.330 e. The van der Waals surface area contributed by atoms with Crippen LogP contribution in [0.2, 0.25) is 0 Å². The lowest BCUT2D eigenvalue weighted by Gasteiger charge is -2.00. The van der Waals surface area contributed by atoms with E-state index in [-0.39, 0.29) is 5.97 Å². The van der Waals surface area contributed by atoms with Crippen molar-refractivity contribution in [2.75, 3.05) is 6.61 Å². The van der Waals surface area contributed by atoms with Crippen molar-refractivity contribution in [3.8, 4) is 0 Å². The van der Waals surface area contributed by atoms with Crippen molar-refractivity contribution in [1.82, 2.24) is 0 Å². The summed E-state index contributed by atoms with van der Waals surface area (Å²) < 4.78 is 6.66. The molecule has 0 aliphatic rings. The fourth-order valence-corrected chi connectivity index (χ4v) is 1.78. The van der Waals surface area contributed by atoms with Gasteiger partial charge in [0, 0.05) is 15.0 Å². The summed E-state index contributed by atoms with van der Waals surface area (Å²) in [4.78, 5) is 11.1. The average molecular weight is 334 g/mol. The molecule has 0 unspecified atom stereocenters. The van der Waals surface area contributed by atoms with E-state index in [1.165, 1.54) is 6.08 Å². The summed E-state index contributed by atoms with van der Waals surface area (Å²) in [5.74, 6) is -0.329. The van der Waals surface area contributed by atoms with Gasteiger partial charge in [0.1, 0.15) is 0 Å². The van der Waals surface area contributed by atoms with Crippen LogP contribution in [0.25, 0.3) is 6.08 Å². The molecule has 2 nitrogen and oxygen atoms in total. The lowest BCUT2D eigenvalue weighted by molar-refractivity contribution is -0.137. The molecule has 0 N–H and O–H groups in total. The van der Waals surface area contributed by atoms with Crippen LogP contribution in [-0.2, 0) is 9.53 Å². The molecular weight excluding hydrogens is 324 g/mol. The first-order chi connectivity index (χ1) is 7.15. The molecule has 0 spiro atoms. The molecule has 0 heterocycles. The van der Waals surface area contributed by atoms with Gasteiger partial charge in [-0.05, 0) is 56.5 Å². The SMILES string of the molecule is CCOC(=O)/C=C/c1cccc(Br)c1Br. The van der Waals surface area contributed by atoms with Crippen molar-refractivity contribution < 1.29 is 9.53 Å². The Hall–Kier alpha value is -0.610. The zero-order chi connectivity index (χ0) is 11.3. The van der Waals surface area contributed by atoms with E-state index >= 15 is 0 Å². The van der Waals surface area contributed by atoms with Crippen molar-refractivity contribution in [2.45, 2.75) is 6.92 Å². The number of halogens is 2. The minimum Gasteiger partial charge on any atom is -0.463 e. The first-order valence-corrected chi connectivity index (χ1v) is 6.02. The van der Waals surface area contributed by atoms with Crippen molar-refractivity contribution >= 4 is 43.9 Å². The Bertz CT molecular complexity index is 386. The van der Waals surface area contributed by atoms with Crippen molar-refractivity contribution in [3.05, 3.63) is 38.8 Å². The third-order valence-electron chi connectivity index (χ3n) is 1.67. The molecule has 0 amide bonds. The normalized spacial score (nSPS) is 10.6. The number of ether oxygens (including phenoxy) is 1. The number of rotatable bonds is 3. The highest BCUT2D eigenvalue weighted by molar-refractivity contribution is 9.13. The van der Waals surface area contributed by atoms with E-state index in [2.05, 4.69) is 31.9 Å². The fraction of sp³-hybridized carbons (Fsp3) is 0.182. The zero-order valence-electron chi connectivity index (χ0n) is 8.17. The van der Waals surface area contributed by atoms with E-state index < -0.39 is 0 Å². The van der Waals surface area contributed by atoms with Crippen molar-refractivity contribution in [1.29, 1.82) is 0 Å². The number of esters is 1. The van der Waals surface area contributed by atoms with Gasteiger partial charge in [-0.25, -0.2) is 4.79 Å². The zero-order valence-corrected chi connectivity index (χ0v) is 11.3. The van der Waals surface area contributed by atoms with E-state index in [1.807, 2.05) is 18.2 Å². The molecule has 0 bridgehead atoms. The van der Waals surface area contributed by atoms with Crippen LogP contribution in [0.15, 0.2) is 33.2 Å². The van der Waals surface area contributed by atoms with E-state index in [0.29, 0.717) is 6.61 Å². The topological polar surface area (TPSA) is 26.3 Å². The second-order valence-corrected chi connectivity index (χ2v) is 4.38. The summed E-state index contributed by atoms with van der Waals surface area (Å²) in [5.41, 5.74) is 0.928. The monoisotopic (exact) mass is 332 g/mol. The van der Waals surface area contributed by atoms with Gasteiger partial charge < -0.3 is 4.74 Å². The molecule has 0 aliphatic carbocycles. The minimum absolute atomic E-state index is 0.329. The maximum absolute atomic E-state index is 11.1. The van der Waals surface area contributed by atoms with E-state index in [0.717, 1.165) is 14.5 Å². The van der Waals surface area contributed by atoms with Crippen molar-refractivity contribution in [3.63, 3.8) is 0 Å². The third kappa shape index (κ3) is 3.80. The molecular formula is C11H10Br2O2. The Kier molecular flexibility index (Phi) is 5.05. The molecule has 1 aromatic carbocycles. The Balaban J connectivity index is 2.81. The van der Waals surface area contributed by atoms with E-state index in [1.54, 1.807) is 13.0 Å². The molecule has 15 heavy (non-hydrogen) atoms. The number of hydrogen-bond acceptors (Lipinski definition) is 2. The quantitative estimate of drug-likeness (QED) is 0.621. The van der Waals surface area contributed by atoms with Gasteiger partial charge in [-0.15, -0.1) is 0 Å². The molecule has 0 saturated heterocycles. The maximum Gasteiger partial charge on any atom is 0.330 e. The lowest BCUT2D eigenvalue weighted by Crippen LogP contribution is -1.98. The van der Waals surface area contributed by atoms with Crippen LogP contribution in [-0.4, -0.2) is 12.6 Å². The van der Waals surface area contributed by atoms with Gasteiger partial charge in [0.15, 0.2) is 0 Å². The summed E-state index contributed by atoms with van der Waals surface area (Å²) in [7, 11) is 0. The third-order valence-corrected chi connectivity index (χ3v) is 3.74. The first kappa shape index (κ1) is 12.5. The van der Waals surface area contributed by atoms with Gasteiger partial charge in [-0.1, -0.05) is 12.1 Å². The average Bonchev–Trinajstić information content (AvgIpc) is 2.21. The molecule has 0 aliphatic heterocycles. The van der Waals surface area contributed by atoms with Gasteiger partial charge in [-0.2, -0.15) is 0 Å². The molecule has 80 valence electrons. The highest BCUT2D eigenvalue weighted by Crippen LogP contribution is 2.27. The molecule has 0 saturated carbocycles. The number of carbonyl (C=O) groups excluding carboxylic acids is 1. The summed E-state index contributed by atoms with van der Waals surface area (Å²) in [6.07, 6.45) is 3.13. The Morgan fingerprint density at radius 1 is 1.47 bits per heavy atom. The van der Waals surface area contributed by atoms with E-state index in [4.69, 9.17) is 4.74 Å². The second-order valence-electron chi connectivity index (χ2n) is 2.73. The predicted molar refractivity (Wildman–Crippen MR) is 67.5 cm³/mol. The lowest BCUT2D eigenvalue weighted by atomic mass is 10.2. The molecule has 0 fully saturated rings. The minimum atomic E-state index is -0.329. The summed E-state index contributed by atoms with van der Waals surface area (Å²) in [6, 6.07) is 5.73. The van der Waals surface area contributed by atoms with Gasteiger partial charge in [0.05, 0.1) is 6.61 Å². The molecule has 1 aromatic rings. The maximum atomic E-state index is 11.1. The number of carbonyl (C=O) groups is 1. The molecule has 0 atom stereocenters. The Morgan fingerprint density at radius 2 is 2.20 bits per heavy atom. The van der Waals surface area contributed by atoms with Crippen LogP contribution in [0.1, 0.15) is 12.5 Å². The molecule has 1 rings (SSSR count). The van der Waals surface area contributed by atoms with Gasteiger partial charge in [0.2, 0.25) is 0 Å². The van der Waals surface area contributed by atoms with Crippen molar-refractivity contribution in [2.24, 2.45) is 0 Å². The number of benzene rings is 1. The number of hydrogen-bond donors (Lipinski definition) is 0. The summed E-state index contributed by atoms with van der Waals surface area (Å²) in [6.45, 7) is 2.17. The highest BCUT2D eigenvalue weighted by atomic mass is 79.9. The van der Waals surface area contributed by atoms with Crippen LogP contribution in [0.3, 0.4) is 0 Å². The highest BCUT2D eigenvalue weighted by Gasteiger charge is 2.00. The second kappa shape index (κ2) is 6.08. The van der Waals surface area contributed by atoms with Crippen LogP contribution >= 0.6 is 31.9 Å². The van der Waals surface area contributed by atoms with Gasteiger partial charge in [-0.3, -0.25) is 0 Å². The van der Waals surface area contributed by atoms with Crippen LogP contribution in [0, 0.1) is 0 Å². The Morgan fingerprint density at radius 3 is 2.87 bits per heavy atom. The van der Waals surface area contributed by atoms with Crippen LogP contribution in [0.4, 0.5) is 0 Å². The molecule has 4 heteroatoms. The van der Waals surface area contributed by atoms with Gasteiger partial charge in [0.25, 0.3) is 0 Å². The van der Waals surface area contributed by atoms with E-state index in [9.17, 15) is 4.79 Å². The van der Waals surface area contributed by atoms with Crippen LogP contribution in [0.5, 0.6) is 0 Å². The predicted octanol–water partition coefficient (Wildman–Crippen LogP) is 3.79. The standard InChI is InChI=1S/C11H10Br2O2/c1-2-15-10(14)7-6-8-4-3-5-9(12)11(8)13/h3-7H,2H2,1H3/b7-6+. The fourth-order valence-electron chi connectivity index (χ4n) is 0.997. The first-order valence-electron chi connectivity index (χ1n) is 4.44. The Labute approximate surface area is 106 Å². The summed E-state index contributed by atoms with van der Waals surface area (Å²) in [5, 5.41) is 0.